The minimum Gasteiger partial charge on any atom is -0.309 e. The van der Waals surface area contributed by atoms with Crippen molar-refractivity contribution < 1.29 is 8.42 Å². The molecule has 9 heteroatoms. The van der Waals surface area contributed by atoms with Crippen molar-refractivity contribution in [2.75, 3.05) is 19.6 Å². The second-order valence-electron chi connectivity index (χ2n) is 8.06. The van der Waals surface area contributed by atoms with Crippen molar-refractivity contribution >= 4 is 32.5 Å². The molecule has 7 nitrogen and oxygen atoms in total. The molecule has 1 aromatic heterocycles. The molecule has 4 rings (SSSR count). The molecule has 0 bridgehead atoms. The van der Waals surface area contributed by atoms with Crippen molar-refractivity contribution in [2.45, 2.75) is 37.8 Å². The van der Waals surface area contributed by atoms with Gasteiger partial charge in [-0.15, -0.1) is 0 Å². The molecule has 2 heterocycles. The lowest BCUT2D eigenvalue weighted by Crippen LogP contribution is -2.54. The summed E-state index contributed by atoms with van der Waals surface area (Å²) >= 11 is 6.06. The summed E-state index contributed by atoms with van der Waals surface area (Å²) < 4.78 is 27.8. The number of piperazine rings is 1. The van der Waals surface area contributed by atoms with E-state index in [1.165, 1.54) is 0 Å². The number of sulfonamides is 1. The average molecular weight is 461 g/mol. The highest BCUT2D eigenvalue weighted by atomic mass is 35.5. The number of aromatic nitrogens is 2. The first-order valence-electron chi connectivity index (χ1n) is 10.2. The molecule has 1 aliphatic rings. The van der Waals surface area contributed by atoms with Gasteiger partial charge in [0.05, 0.1) is 21.8 Å². The number of nitrogens with zero attached hydrogens (tertiary/aromatic N) is 3. The molecule has 2 aromatic carbocycles. The summed E-state index contributed by atoms with van der Waals surface area (Å²) in [6.45, 7) is 7.23. The maximum absolute atomic E-state index is 13.1. The lowest BCUT2D eigenvalue weighted by molar-refractivity contribution is 0.106. The Hall–Kier alpha value is -2.26. The Bertz CT molecular complexity index is 1270. The van der Waals surface area contributed by atoms with Crippen LogP contribution in [0.25, 0.3) is 10.9 Å². The minimum atomic E-state index is -3.56. The summed E-state index contributed by atoms with van der Waals surface area (Å²) in [5.41, 5.74) is 1.35. The molecule has 2 atom stereocenters. The van der Waals surface area contributed by atoms with E-state index in [-0.39, 0.29) is 17.6 Å². The number of hydrogen-bond acceptors (Lipinski definition) is 5. The Morgan fingerprint density at radius 2 is 1.87 bits per heavy atom. The quantitative estimate of drug-likeness (QED) is 0.645. The Morgan fingerprint density at radius 3 is 2.55 bits per heavy atom. The summed E-state index contributed by atoms with van der Waals surface area (Å²) in [6, 6.07) is 11.5. The molecule has 31 heavy (non-hydrogen) atoms. The van der Waals surface area contributed by atoms with Gasteiger partial charge in [0.25, 0.3) is 5.56 Å². The number of benzene rings is 2. The Morgan fingerprint density at radius 1 is 1.16 bits per heavy atom. The predicted molar refractivity (Wildman–Crippen MR) is 122 cm³/mol. The fourth-order valence-corrected chi connectivity index (χ4v) is 5.80. The number of fused-ring (bicyclic) bond motifs is 1. The number of aryl methyl sites for hydroxylation is 1. The van der Waals surface area contributed by atoms with E-state index in [1.807, 2.05) is 32.9 Å². The number of rotatable bonds is 4. The first-order chi connectivity index (χ1) is 14.7. The van der Waals surface area contributed by atoms with Gasteiger partial charge in [0, 0.05) is 30.7 Å². The van der Waals surface area contributed by atoms with Crippen molar-refractivity contribution in [3.63, 3.8) is 0 Å². The minimum absolute atomic E-state index is 0.178. The molecule has 0 saturated carbocycles. The van der Waals surface area contributed by atoms with Crippen LogP contribution in [0.5, 0.6) is 0 Å². The van der Waals surface area contributed by atoms with E-state index < -0.39 is 10.0 Å². The Balaban J connectivity index is 1.55. The molecule has 3 aromatic rings. The molecule has 1 N–H and O–H groups in total. The van der Waals surface area contributed by atoms with E-state index in [9.17, 15) is 13.2 Å². The maximum atomic E-state index is 13.1. The second kappa shape index (κ2) is 8.35. The van der Waals surface area contributed by atoms with Crippen LogP contribution < -0.4 is 5.56 Å². The van der Waals surface area contributed by atoms with Crippen LogP contribution in [0.3, 0.4) is 0 Å². The van der Waals surface area contributed by atoms with E-state index >= 15 is 0 Å². The topological polar surface area (TPSA) is 86.4 Å². The van der Waals surface area contributed by atoms with Crippen LogP contribution in [0, 0.1) is 6.92 Å². The van der Waals surface area contributed by atoms with Gasteiger partial charge in [-0.25, -0.2) is 13.4 Å². The summed E-state index contributed by atoms with van der Waals surface area (Å²) in [7, 11) is -3.56. The monoisotopic (exact) mass is 460 g/mol. The van der Waals surface area contributed by atoms with Crippen molar-refractivity contribution in [3.8, 4) is 0 Å². The molecule has 2 unspecified atom stereocenters. The first-order valence-corrected chi connectivity index (χ1v) is 12.0. The SMILES string of the molecule is Cc1ccc(S(=O)(=O)N2CCN(C(C)c3nc4cc(Cl)ccc4c(=O)[nH]3)CC2C)cc1. The van der Waals surface area contributed by atoms with E-state index in [0.717, 1.165) is 5.56 Å². The van der Waals surface area contributed by atoms with Crippen LogP contribution in [-0.2, 0) is 10.0 Å². The lowest BCUT2D eigenvalue weighted by atomic mass is 10.1. The van der Waals surface area contributed by atoms with Gasteiger partial charge in [-0.3, -0.25) is 9.69 Å². The highest BCUT2D eigenvalue weighted by Gasteiger charge is 2.35. The summed E-state index contributed by atoms with van der Waals surface area (Å²) in [4.78, 5) is 22.4. The van der Waals surface area contributed by atoms with Crippen LogP contribution in [0.1, 0.15) is 31.3 Å². The molecule has 0 aliphatic carbocycles. The van der Waals surface area contributed by atoms with Crippen molar-refractivity contribution in [3.05, 3.63) is 69.2 Å². The highest BCUT2D eigenvalue weighted by Crippen LogP contribution is 2.26. The third kappa shape index (κ3) is 4.25. The molecule has 1 saturated heterocycles. The normalized spacial score (nSPS) is 19.5. The molecule has 0 amide bonds. The van der Waals surface area contributed by atoms with Gasteiger partial charge in [-0.1, -0.05) is 29.3 Å². The summed E-state index contributed by atoms with van der Waals surface area (Å²) in [6.07, 6.45) is 0. The maximum Gasteiger partial charge on any atom is 0.258 e. The second-order valence-corrected chi connectivity index (χ2v) is 10.4. The van der Waals surface area contributed by atoms with Gasteiger partial charge in [0.15, 0.2) is 0 Å². The molecular weight excluding hydrogens is 436 g/mol. The lowest BCUT2D eigenvalue weighted by Gasteiger charge is -2.41. The average Bonchev–Trinajstić information content (AvgIpc) is 2.72. The number of halogens is 1. The number of H-pyrrole nitrogens is 1. The highest BCUT2D eigenvalue weighted by molar-refractivity contribution is 7.89. The van der Waals surface area contributed by atoms with Gasteiger partial charge >= 0.3 is 0 Å². The molecule has 164 valence electrons. The molecular formula is C22H25ClN4O3S. The third-order valence-electron chi connectivity index (χ3n) is 5.86. The van der Waals surface area contributed by atoms with E-state index in [1.54, 1.807) is 34.6 Å². The van der Waals surface area contributed by atoms with Crippen LogP contribution >= 0.6 is 11.6 Å². The van der Waals surface area contributed by atoms with Gasteiger partial charge in [-0.2, -0.15) is 4.31 Å². The van der Waals surface area contributed by atoms with Gasteiger partial charge < -0.3 is 4.98 Å². The van der Waals surface area contributed by atoms with E-state index in [2.05, 4.69) is 14.9 Å². The van der Waals surface area contributed by atoms with Crippen molar-refractivity contribution in [2.24, 2.45) is 0 Å². The zero-order chi connectivity index (χ0) is 22.3. The predicted octanol–water partition coefficient (Wildman–Crippen LogP) is 3.34. The molecule has 1 aliphatic heterocycles. The molecule has 0 spiro atoms. The zero-order valence-electron chi connectivity index (χ0n) is 17.7. The number of aromatic amines is 1. The van der Waals surface area contributed by atoms with Gasteiger partial charge in [0.1, 0.15) is 5.82 Å². The van der Waals surface area contributed by atoms with Crippen LogP contribution in [0.15, 0.2) is 52.2 Å². The van der Waals surface area contributed by atoms with Crippen molar-refractivity contribution in [1.82, 2.24) is 19.2 Å². The summed E-state index contributed by atoms with van der Waals surface area (Å²) in [5.74, 6) is 0.543. The fourth-order valence-electron chi connectivity index (χ4n) is 4.03. The molecule has 1 fully saturated rings. The number of nitrogens with one attached hydrogen (secondary N) is 1. The van der Waals surface area contributed by atoms with E-state index in [0.29, 0.717) is 46.3 Å². The van der Waals surface area contributed by atoms with Crippen LogP contribution in [-0.4, -0.2) is 53.3 Å². The Labute approximate surface area is 186 Å². The smallest absolute Gasteiger partial charge is 0.258 e. The van der Waals surface area contributed by atoms with Crippen LogP contribution in [0.2, 0.25) is 5.02 Å². The first kappa shape index (κ1) is 22.0. The van der Waals surface area contributed by atoms with Gasteiger partial charge in [-0.05, 0) is 51.1 Å². The third-order valence-corrected chi connectivity index (χ3v) is 8.12. The van der Waals surface area contributed by atoms with Crippen molar-refractivity contribution in [1.29, 1.82) is 0 Å². The fraction of sp³-hybridized carbons (Fsp3) is 0.364. The zero-order valence-corrected chi connectivity index (χ0v) is 19.2. The standard InChI is InChI=1S/C22H25ClN4O3S/c1-14-4-7-18(8-5-14)31(29,30)27-11-10-26(13-15(27)2)16(3)21-24-20-12-17(23)6-9-19(20)22(28)25-21/h4-9,12,15-16H,10-11,13H2,1-3H3,(H,24,25,28). The summed E-state index contributed by atoms with van der Waals surface area (Å²) in [5, 5.41) is 1.01. The Kier molecular flexibility index (Phi) is 5.91. The van der Waals surface area contributed by atoms with Crippen LogP contribution in [0.4, 0.5) is 0 Å². The molecule has 0 radical (unpaired) electrons. The van der Waals surface area contributed by atoms with Gasteiger partial charge in [0.2, 0.25) is 10.0 Å². The number of hydrogen-bond donors (Lipinski definition) is 1. The van der Waals surface area contributed by atoms with E-state index in [4.69, 9.17) is 11.6 Å². The largest absolute Gasteiger partial charge is 0.309 e.